The molecule has 1 aromatic rings. The molecular formula is C16H22O. The molecule has 1 aromatic carbocycles. The van der Waals surface area contributed by atoms with Crippen molar-refractivity contribution in [3.05, 3.63) is 34.4 Å². The maximum atomic E-state index is 11.1. The number of carbonyl (C=O) groups is 1. The fourth-order valence-corrected chi connectivity index (χ4v) is 3.42. The molecule has 0 bridgehead atoms. The lowest BCUT2D eigenvalue weighted by Gasteiger charge is -2.22. The van der Waals surface area contributed by atoms with Gasteiger partial charge in [-0.25, -0.2) is 0 Å². The Balaban J connectivity index is 2.59. The first kappa shape index (κ1) is 12.3. The molecular weight excluding hydrogens is 208 g/mol. The van der Waals surface area contributed by atoms with Gasteiger partial charge in [-0.2, -0.15) is 0 Å². The van der Waals surface area contributed by atoms with Crippen LogP contribution in [0.2, 0.25) is 0 Å². The Kier molecular flexibility index (Phi) is 3.11. The zero-order chi connectivity index (χ0) is 12.7. The average molecular weight is 230 g/mol. The van der Waals surface area contributed by atoms with E-state index in [0.29, 0.717) is 23.7 Å². The maximum Gasteiger partial charge on any atom is 0.150 e. The lowest BCUT2D eigenvalue weighted by atomic mass is 9.82. The molecule has 17 heavy (non-hydrogen) atoms. The van der Waals surface area contributed by atoms with E-state index in [0.717, 1.165) is 17.4 Å². The molecule has 3 atom stereocenters. The van der Waals surface area contributed by atoms with Crippen molar-refractivity contribution in [3.8, 4) is 0 Å². The highest BCUT2D eigenvalue weighted by atomic mass is 16.1. The van der Waals surface area contributed by atoms with Crippen LogP contribution in [0.15, 0.2) is 12.1 Å². The van der Waals surface area contributed by atoms with Crippen LogP contribution < -0.4 is 0 Å². The topological polar surface area (TPSA) is 17.1 Å². The Morgan fingerprint density at radius 1 is 1.18 bits per heavy atom. The smallest absolute Gasteiger partial charge is 0.150 e. The van der Waals surface area contributed by atoms with Gasteiger partial charge in [0.15, 0.2) is 0 Å². The average Bonchev–Trinajstić information content (AvgIpc) is 2.51. The molecule has 1 aliphatic carbocycles. The Labute approximate surface area is 104 Å². The highest BCUT2D eigenvalue weighted by Gasteiger charge is 2.37. The summed E-state index contributed by atoms with van der Waals surface area (Å²) in [5, 5.41) is 0. The standard InChI is InChI=1S/C16H22O/c1-9(2)16-12(5)11(4)14-6-10(3)13(8-17)7-15(14)16/h6-9,11-12,16H,1-5H3. The first-order chi connectivity index (χ1) is 7.97. The second kappa shape index (κ2) is 4.29. The summed E-state index contributed by atoms with van der Waals surface area (Å²) in [4.78, 5) is 11.1. The largest absolute Gasteiger partial charge is 0.298 e. The molecule has 0 fully saturated rings. The Morgan fingerprint density at radius 2 is 1.82 bits per heavy atom. The lowest BCUT2D eigenvalue weighted by Crippen LogP contribution is -2.12. The van der Waals surface area contributed by atoms with Crippen molar-refractivity contribution in [2.24, 2.45) is 11.8 Å². The number of rotatable bonds is 2. The van der Waals surface area contributed by atoms with Gasteiger partial charge in [-0.05, 0) is 53.4 Å². The Morgan fingerprint density at radius 3 is 2.35 bits per heavy atom. The van der Waals surface area contributed by atoms with Gasteiger partial charge < -0.3 is 0 Å². The van der Waals surface area contributed by atoms with Crippen LogP contribution in [-0.4, -0.2) is 6.29 Å². The van der Waals surface area contributed by atoms with E-state index in [2.05, 4.69) is 39.8 Å². The molecule has 0 saturated carbocycles. The molecule has 0 N–H and O–H groups in total. The van der Waals surface area contributed by atoms with E-state index >= 15 is 0 Å². The molecule has 3 unspecified atom stereocenters. The van der Waals surface area contributed by atoms with Crippen LogP contribution in [0.25, 0.3) is 0 Å². The molecule has 0 aliphatic heterocycles. The van der Waals surface area contributed by atoms with Gasteiger partial charge in [-0.1, -0.05) is 33.8 Å². The van der Waals surface area contributed by atoms with Gasteiger partial charge in [0.25, 0.3) is 0 Å². The molecule has 0 radical (unpaired) electrons. The third-order valence-electron chi connectivity index (χ3n) is 4.52. The van der Waals surface area contributed by atoms with Crippen LogP contribution in [0, 0.1) is 18.8 Å². The third-order valence-corrected chi connectivity index (χ3v) is 4.52. The second-order valence-electron chi connectivity index (χ2n) is 5.87. The van der Waals surface area contributed by atoms with E-state index in [1.165, 1.54) is 11.1 Å². The first-order valence-electron chi connectivity index (χ1n) is 6.57. The molecule has 0 spiro atoms. The molecule has 0 heterocycles. The molecule has 0 aromatic heterocycles. The number of fused-ring (bicyclic) bond motifs is 1. The predicted octanol–water partition coefficient (Wildman–Crippen LogP) is 4.30. The van der Waals surface area contributed by atoms with Gasteiger partial charge in [-0.3, -0.25) is 4.79 Å². The predicted molar refractivity (Wildman–Crippen MR) is 71.7 cm³/mol. The van der Waals surface area contributed by atoms with Crippen LogP contribution in [-0.2, 0) is 0 Å². The van der Waals surface area contributed by atoms with Gasteiger partial charge in [0, 0.05) is 5.56 Å². The monoisotopic (exact) mass is 230 g/mol. The van der Waals surface area contributed by atoms with Crippen LogP contribution in [0.3, 0.4) is 0 Å². The highest BCUT2D eigenvalue weighted by Crippen LogP contribution is 2.49. The van der Waals surface area contributed by atoms with Crippen LogP contribution in [0.5, 0.6) is 0 Å². The van der Waals surface area contributed by atoms with Crippen LogP contribution in [0.4, 0.5) is 0 Å². The third kappa shape index (κ3) is 1.82. The summed E-state index contributed by atoms with van der Waals surface area (Å²) in [7, 11) is 0. The number of benzene rings is 1. The minimum absolute atomic E-state index is 0.597. The van der Waals surface area contributed by atoms with E-state index in [1.807, 2.05) is 6.92 Å². The van der Waals surface area contributed by atoms with Crippen LogP contribution >= 0.6 is 0 Å². The summed E-state index contributed by atoms with van der Waals surface area (Å²) < 4.78 is 0. The molecule has 2 rings (SSSR count). The van der Waals surface area contributed by atoms with Crippen molar-refractivity contribution in [2.45, 2.75) is 46.5 Å². The summed E-state index contributed by atoms with van der Waals surface area (Å²) in [6.07, 6.45) is 0.987. The number of hydrogen-bond acceptors (Lipinski definition) is 1. The van der Waals surface area contributed by atoms with Gasteiger partial charge in [0.2, 0.25) is 0 Å². The molecule has 92 valence electrons. The molecule has 1 nitrogen and oxygen atoms in total. The van der Waals surface area contributed by atoms with E-state index in [1.54, 1.807) is 0 Å². The van der Waals surface area contributed by atoms with Gasteiger partial charge in [0.1, 0.15) is 6.29 Å². The van der Waals surface area contributed by atoms with Crippen molar-refractivity contribution in [1.29, 1.82) is 0 Å². The first-order valence-corrected chi connectivity index (χ1v) is 6.57. The molecule has 0 amide bonds. The zero-order valence-electron chi connectivity index (χ0n) is 11.4. The second-order valence-corrected chi connectivity index (χ2v) is 5.87. The quantitative estimate of drug-likeness (QED) is 0.692. The lowest BCUT2D eigenvalue weighted by molar-refractivity contribution is 0.112. The number of carbonyl (C=O) groups excluding carboxylic acids is 1. The zero-order valence-corrected chi connectivity index (χ0v) is 11.4. The summed E-state index contributed by atoms with van der Waals surface area (Å²) in [5.41, 5.74) is 4.84. The van der Waals surface area contributed by atoms with Gasteiger partial charge >= 0.3 is 0 Å². The summed E-state index contributed by atoms with van der Waals surface area (Å²) >= 11 is 0. The Hall–Kier alpha value is -1.11. The fourth-order valence-electron chi connectivity index (χ4n) is 3.42. The van der Waals surface area contributed by atoms with E-state index in [9.17, 15) is 4.79 Å². The normalized spacial score (nSPS) is 27.3. The van der Waals surface area contributed by atoms with Crippen molar-refractivity contribution < 1.29 is 4.79 Å². The van der Waals surface area contributed by atoms with Crippen molar-refractivity contribution in [2.75, 3.05) is 0 Å². The number of hydrogen-bond donors (Lipinski definition) is 0. The van der Waals surface area contributed by atoms with E-state index < -0.39 is 0 Å². The maximum absolute atomic E-state index is 11.1. The van der Waals surface area contributed by atoms with Gasteiger partial charge in [0.05, 0.1) is 0 Å². The van der Waals surface area contributed by atoms with E-state index in [-0.39, 0.29) is 0 Å². The highest BCUT2D eigenvalue weighted by molar-refractivity contribution is 5.78. The van der Waals surface area contributed by atoms with E-state index in [4.69, 9.17) is 0 Å². The molecule has 1 heteroatoms. The summed E-state index contributed by atoms with van der Waals surface area (Å²) in [5.74, 6) is 2.51. The summed E-state index contributed by atoms with van der Waals surface area (Å²) in [6.45, 7) is 11.2. The molecule has 0 saturated heterocycles. The summed E-state index contributed by atoms with van der Waals surface area (Å²) in [6, 6.07) is 4.35. The SMILES string of the molecule is Cc1cc2c(cc1C=O)C(C(C)C)C(C)C2C. The van der Waals surface area contributed by atoms with Gasteiger partial charge in [-0.15, -0.1) is 0 Å². The van der Waals surface area contributed by atoms with Crippen molar-refractivity contribution >= 4 is 6.29 Å². The number of aldehydes is 1. The minimum atomic E-state index is 0.597. The number of aryl methyl sites for hydroxylation is 1. The Bertz CT molecular complexity index is 445. The van der Waals surface area contributed by atoms with Crippen molar-refractivity contribution in [3.63, 3.8) is 0 Å². The van der Waals surface area contributed by atoms with Crippen LogP contribution in [0.1, 0.15) is 66.6 Å². The minimum Gasteiger partial charge on any atom is -0.298 e. The fraction of sp³-hybridized carbons (Fsp3) is 0.562. The molecule has 1 aliphatic rings. The van der Waals surface area contributed by atoms with Crippen molar-refractivity contribution in [1.82, 2.24) is 0 Å².